The molecule has 3 N–H and O–H groups in total. The Labute approximate surface area is 609 Å². The van der Waals surface area contributed by atoms with Gasteiger partial charge in [0.1, 0.15) is 54.4 Å². The van der Waals surface area contributed by atoms with Crippen molar-refractivity contribution in [2.24, 2.45) is 17.8 Å². The highest BCUT2D eigenvalue weighted by Crippen LogP contribution is 2.37. The molecule has 576 valence electrons. The van der Waals surface area contributed by atoms with Gasteiger partial charge >= 0.3 is 12.4 Å². The molecule has 24 nitrogen and oxygen atoms in total. The van der Waals surface area contributed by atoms with Gasteiger partial charge in [0.15, 0.2) is 0 Å². The number of carbonyl (C=O) groups excluding carboxylic acids is 12. The van der Waals surface area contributed by atoms with Gasteiger partial charge in [0, 0.05) is 87.9 Å². The van der Waals surface area contributed by atoms with Crippen LogP contribution in [0.4, 0.5) is 26.3 Å². The number of fused-ring (bicyclic) bond motifs is 2. The van der Waals surface area contributed by atoms with E-state index in [1.54, 1.807) is 18.7 Å². The van der Waals surface area contributed by atoms with Crippen molar-refractivity contribution in [1.82, 2.24) is 60.0 Å². The first-order valence-corrected chi connectivity index (χ1v) is 36.6. The molecule has 0 bridgehead atoms. The molecule has 10 atom stereocenters. The molecule has 12 amide bonds. The van der Waals surface area contributed by atoms with Gasteiger partial charge in [-0.25, -0.2) is 0 Å². The highest BCUT2D eigenvalue weighted by Gasteiger charge is 2.48. The number of halogens is 7. The van der Waals surface area contributed by atoms with Gasteiger partial charge in [0.05, 0.1) is 29.1 Å². The fourth-order valence-corrected chi connectivity index (χ4v) is 14.9. The van der Waals surface area contributed by atoms with E-state index in [9.17, 15) is 79.1 Å². The van der Waals surface area contributed by atoms with Crippen LogP contribution in [0.1, 0.15) is 160 Å². The highest BCUT2D eigenvalue weighted by molar-refractivity contribution is 6.31. The van der Waals surface area contributed by atoms with Crippen molar-refractivity contribution in [3.8, 4) is 0 Å². The third kappa shape index (κ3) is 20.5. The van der Waals surface area contributed by atoms with Gasteiger partial charge < -0.3 is 60.0 Å². The predicted octanol–water partition coefficient (Wildman–Crippen LogP) is 6.32. The monoisotopic (exact) mass is 1490 g/mol. The van der Waals surface area contributed by atoms with Crippen LogP contribution in [0.3, 0.4) is 0 Å². The molecule has 4 saturated heterocycles. The van der Waals surface area contributed by atoms with E-state index in [-0.39, 0.29) is 94.0 Å². The largest absolute Gasteiger partial charge is 0.417 e. The van der Waals surface area contributed by atoms with Crippen LogP contribution < -0.4 is 16.0 Å². The molecule has 5 fully saturated rings. The van der Waals surface area contributed by atoms with Crippen LogP contribution in [-0.2, 0) is 82.7 Å². The van der Waals surface area contributed by atoms with Crippen molar-refractivity contribution in [1.29, 1.82) is 0 Å². The second-order valence-electron chi connectivity index (χ2n) is 29.1. The van der Waals surface area contributed by atoms with Crippen molar-refractivity contribution in [2.75, 3.05) is 81.6 Å². The van der Waals surface area contributed by atoms with Gasteiger partial charge in [0.25, 0.3) is 0 Å². The number of likely N-dealkylation sites (tertiary alicyclic amines) is 1. The highest BCUT2D eigenvalue weighted by atomic mass is 35.5. The van der Waals surface area contributed by atoms with Crippen LogP contribution in [0.5, 0.6) is 0 Å². The maximum Gasteiger partial charge on any atom is 0.417 e. The first kappa shape index (κ1) is 83.2. The second kappa shape index (κ2) is 36.3. The zero-order valence-electron chi connectivity index (χ0n) is 61.5. The molecule has 7 rings (SSSR count). The second-order valence-corrected chi connectivity index (χ2v) is 29.6. The van der Waals surface area contributed by atoms with E-state index in [1.807, 2.05) is 13.8 Å². The Morgan fingerprint density at radius 3 is 1.82 bits per heavy atom. The molecule has 0 radical (unpaired) electrons. The maximum absolute atomic E-state index is 15.2. The zero-order valence-corrected chi connectivity index (χ0v) is 62.3. The quantitative estimate of drug-likeness (QED) is 0.209. The van der Waals surface area contributed by atoms with E-state index in [1.165, 1.54) is 73.7 Å². The minimum atomic E-state index is -4.79. The number of carbonyl (C=O) groups is 12. The summed E-state index contributed by atoms with van der Waals surface area (Å²) in [5.41, 5.74) is -1.70. The molecule has 104 heavy (non-hydrogen) atoms. The fraction of sp³-hybridized carbons (Fsp3) is 0.671. The number of aryl methyl sites for hydroxylation is 1. The molecule has 0 spiro atoms. The number of benzene rings is 2. The molecule has 31 heteroatoms. The molecular formula is C73H103ClF6N12O12. The number of hydrogen-bond donors (Lipinski definition) is 3. The SMILES string of the molecule is CC[C@H](C)[C@@H]1NC(=O)[C@H](CC(C)C)N(C)C(=O)C[C@@H](C(=O)N2CCCC2)N(C)C(=O)[C@H](C2CCCC2)N(C)C(=O)CCCCNC(=O)[C@@H]2CCCN2C(=O)[C@H](CCc2ccc(C(F)(F)F)c(Cl)c2)NC(=O)CN(C)C(=O)[C@H](Cc2ccc(C(F)(F)F)cc2)N(C)C(=O)[C@@H]2CCN2C(=O)[C@H](C)N(C)C1=O. The average Bonchev–Trinajstić information content (AvgIpc) is 0.980. The summed E-state index contributed by atoms with van der Waals surface area (Å²) in [6, 6.07) is -4.66. The summed E-state index contributed by atoms with van der Waals surface area (Å²) in [6.07, 6.45) is -5.18. The molecule has 4 aliphatic heterocycles. The number of hydrogen-bond acceptors (Lipinski definition) is 12. The topological polar surface area (TPSA) is 270 Å². The summed E-state index contributed by atoms with van der Waals surface area (Å²) in [4.78, 5) is 188. The summed E-state index contributed by atoms with van der Waals surface area (Å²) in [6.45, 7) is 8.70. The number of nitrogens with one attached hydrogen (secondary N) is 3. The molecule has 0 unspecified atom stereocenters. The summed E-state index contributed by atoms with van der Waals surface area (Å²) < 4.78 is 82.8. The Bertz CT molecular complexity index is 3440. The lowest BCUT2D eigenvalue weighted by Gasteiger charge is -2.45. The first-order valence-electron chi connectivity index (χ1n) is 36.2. The van der Waals surface area contributed by atoms with Crippen molar-refractivity contribution in [2.45, 2.75) is 217 Å². The number of likely N-dealkylation sites (N-methyl/N-ethyl adjacent to an activating group) is 6. The van der Waals surface area contributed by atoms with Crippen LogP contribution in [0, 0.1) is 17.8 Å². The van der Waals surface area contributed by atoms with Crippen molar-refractivity contribution >= 4 is 82.5 Å². The van der Waals surface area contributed by atoms with Gasteiger partial charge in [0.2, 0.25) is 70.9 Å². The lowest BCUT2D eigenvalue weighted by atomic mass is 9.94. The molecule has 0 aromatic heterocycles. The van der Waals surface area contributed by atoms with Gasteiger partial charge in [-0.15, -0.1) is 0 Å². The predicted molar refractivity (Wildman–Crippen MR) is 373 cm³/mol. The standard InChI is InChI=1S/C73H103ClF6N12O12/c1-12-44(4)61-70(103)85(7)45(5)65(98)92-37-32-54(92)68(101)87(9)56(40-47-24-28-49(29-25-47)72(75,76)77)67(100)84(6)42-58(93)82-52(31-27-46-26-30-50(51(74)39-46)73(78,79)80)66(99)91-36-19-22-53(91)63(96)81-33-16-15-23-59(94)89(11)62(48-20-13-14-21-48)71(104)88(10)57(69(102)90-34-17-18-35-90)41-60(95)86(8)55(38-43(2)3)64(97)83-61/h24-26,28-30,39,43-45,48,52-57,61-62H,12-23,27,31-38,40-42H2,1-11H3,(H,81,96)(H,82,93)(H,83,97)/t44-,45-,52-,53-,54-,55-,56-,57-,61-,62-/m0/s1. The van der Waals surface area contributed by atoms with Crippen LogP contribution >= 0.6 is 11.6 Å². The average molecular weight is 1490 g/mol. The molecule has 1 saturated carbocycles. The Hall–Kier alpha value is -8.05. The van der Waals surface area contributed by atoms with Crippen LogP contribution in [0.25, 0.3) is 0 Å². The third-order valence-corrected chi connectivity index (χ3v) is 21.8. The van der Waals surface area contributed by atoms with Crippen molar-refractivity contribution in [3.63, 3.8) is 0 Å². The maximum atomic E-state index is 15.2. The van der Waals surface area contributed by atoms with Gasteiger partial charge in [-0.1, -0.05) is 76.8 Å². The Morgan fingerprint density at radius 1 is 0.596 bits per heavy atom. The van der Waals surface area contributed by atoms with Crippen LogP contribution in [0.15, 0.2) is 42.5 Å². The van der Waals surface area contributed by atoms with Crippen molar-refractivity contribution < 1.29 is 83.9 Å². The van der Waals surface area contributed by atoms with Gasteiger partial charge in [-0.2, -0.15) is 26.3 Å². The smallest absolute Gasteiger partial charge is 0.354 e. The van der Waals surface area contributed by atoms with Crippen molar-refractivity contribution in [3.05, 3.63) is 69.7 Å². The number of rotatable bonds is 11. The molecular weight excluding hydrogens is 1390 g/mol. The molecule has 5 aliphatic rings. The minimum absolute atomic E-state index is 0.0106. The Morgan fingerprint density at radius 2 is 1.23 bits per heavy atom. The van der Waals surface area contributed by atoms with Gasteiger partial charge in [-0.3, -0.25) is 57.5 Å². The number of alkyl halides is 6. The zero-order chi connectivity index (χ0) is 77.0. The number of nitrogens with zero attached hydrogens (tertiary/aromatic N) is 9. The van der Waals surface area contributed by atoms with E-state index in [0.717, 1.165) is 70.0 Å². The number of amides is 12. The lowest BCUT2D eigenvalue weighted by molar-refractivity contribution is -0.160. The first-order chi connectivity index (χ1) is 48.9. The van der Waals surface area contributed by atoms with E-state index in [0.29, 0.717) is 51.6 Å². The molecule has 2 aromatic carbocycles. The van der Waals surface area contributed by atoms with Gasteiger partial charge in [-0.05, 0) is 137 Å². The van der Waals surface area contributed by atoms with E-state index >= 15 is 4.79 Å². The fourth-order valence-electron chi connectivity index (χ4n) is 14.6. The normalized spacial score (nSPS) is 26.2. The minimum Gasteiger partial charge on any atom is -0.354 e. The Kier molecular flexibility index (Phi) is 29.0. The molecule has 2 aromatic rings. The summed E-state index contributed by atoms with van der Waals surface area (Å²) in [5.74, 6) is -9.17. The van der Waals surface area contributed by atoms with E-state index < -0.39 is 179 Å². The summed E-state index contributed by atoms with van der Waals surface area (Å²) in [5, 5.41) is 7.76. The van der Waals surface area contributed by atoms with Crippen LogP contribution in [-0.4, -0.2) is 251 Å². The third-order valence-electron chi connectivity index (χ3n) is 21.5. The van der Waals surface area contributed by atoms with E-state index in [4.69, 9.17) is 11.6 Å². The Balaban J connectivity index is 1.23. The lowest BCUT2D eigenvalue weighted by Crippen LogP contribution is -2.65. The van der Waals surface area contributed by atoms with Crippen LogP contribution in [0.2, 0.25) is 5.02 Å². The molecule has 1 aliphatic carbocycles. The van der Waals surface area contributed by atoms with E-state index in [2.05, 4.69) is 16.0 Å². The molecule has 4 heterocycles. The summed E-state index contributed by atoms with van der Waals surface area (Å²) >= 11 is 6.09. The summed E-state index contributed by atoms with van der Waals surface area (Å²) in [7, 11) is 8.21.